The highest BCUT2D eigenvalue weighted by atomic mass is 79.9. The minimum absolute atomic E-state index is 0.186. The summed E-state index contributed by atoms with van der Waals surface area (Å²) in [6.07, 6.45) is 1.63. The summed E-state index contributed by atoms with van der Waals surface area (Å²) < 4.78 is 2.40. The second-order valence-corrected chi connectivity index (χ2v) is 6.17. The summed E-state index contributed by atoms with van der Waals surface area (Å²) in [5.41, 5.74) is 2.34. The Balaban J connectivity index is 1.81. The maximum atomic E-state index is 12.5. The predicted molar refractivity (Wildman–Crippen MR) is 97.3 cm³/mol. The number of hydrogen-bond acceptors (Lipinski definition) is 4. The lowest BCUT2D eigenvalue weighted by molar-refractivity contribution is 0.102. The van der Waals surface area contributed by atoms with Gasteiger partial charge in [0.15, 0.2) is 5.82 Å². The molecule has 0 saturated heterocycles. The second kappa shape index (κ2) is 6.00. The van der Waals surface area contributed by atoms with Crippen molar-refractivity contribution in [1.82, 2.24) is 14.4 Å². The van der Waals surface area contributed by atoms with E-state index in [9.17, 15) is 10.1 Å². The van der Waals surface area contributed by atoms with Gasteiger partial charge in [0.1, 0.15) is 11.6 Å². The summed E-state index contributed by atoms with van der Waals surface area (Å²) in [6, 6.07) is 16.7. The number of hydrogen-bond donors (Lipinski definition) is 1. The van der Waals surface area contributed by atoms with Crippen LogP contribution in [0.4, 0.5) is 5.82 Å². The van der Waals surface area contributed by atoms with Crippen molar-refractivity contribution in [2.75, 3.05) is 5.32 Å². The van der Waals surface area contributed by atoms with Crippen LogP contribution in [0.1, 0.15) is 15.9 Å². The summed E-state index contributed by atoms with van der Waals surface area (Å²) >= 11 is 3.35. The number of halogens is 1. The zero-order valence-corrected chi connectivity index (χ0v) is 14.4. The van der Waals surface area contributed by atoms with Crippen LogP contribution < -0.4 is 5.32 Å². The molecule has 4 rings (SSSR count). The van der Waals surface area contributed by atoms with Crippen molar-refractivity contribution in [3.8, 4) is 6.07 Å². The number of aromatic nitrogens is 3. The molecule has 1 N–H and O–H groups in total. The van der Waals surface area contributed by atoms with Gasteiger partial charge in [0.05, 0.1) is 16.6 Å². The molecule has 6 nitrogen and oxygen atoms in total. The van der Waals surface area contributed by atoms with Crippen LogP contribution in [0.5, 0.6) is 0 Å². The molecule has 0 unspecified atom stereocenters. The Morgan fingerprint density at radius 1 is 1.12 bits per heavy atom. The number of nitrogens with zero attached hydrogens (tertiary/aromatic N) is 4. The van der Waals surface area contributed by atoms with Crippen LogP contribution in [0, 0.1) is 11.3 Å². The molecule has 0 spiro atoms. The zero-order valence-electron chi connectivity index (χ0n) is 12.8. The SMILES string of the molecule is N#Cc1cn2c(nc1NC(=O)c1ccccc1Br)nc1ccccc12. The molecular weight excluding hydrogens is 382 g/mol. The Bertz CT molecular complexity index is 1180. The van der Waals surface area contributed by atoms with Crippen LogP contribution in [0.25, 0.3) is 16.8 Å². The summed E-state index contributed by atoms with van der Waals surface area (Å²) in [4.78, 5) is 21.3. The monoisotopic (exact) mass is 391 g/mol. The Morgan fingerprint density at radius 3 is 2.68 bits per heavy atom. The zero-order chi connectivity index (χ0) is 17.4. The smallest absolute Gasteiger partial charge is 0.257 e. The van der Waals surface area contributed by atoms with Crippen LogP contribution in [0.2, 0.25) is 0 Å². The fraction of sp³-hybridized carbons (Fsp3) is 0. The molecule has 0 aliphatic carbocycles. The summed E-state index contributed by atoms with van der Waals surface area (Å²) in [6.45, 7) is 0. The number of amides is 1. The third kappa shape index (κ3) is 2.62. The highest BCUT2D eigenvalue weighted by molar-refractivity contribution is 9.10. The van der Waals surface area contributed by atoms with Crippen molar-refractivity contribution in [3.05, 3.63) is 70.3 Å². The van der Waals surface area contributed by atoms with Gasteiger partial charge in [-0.25, -0.2) is 4.98 Å². The van der Waals surface area contributed by atoms with E-state index in [0.717, 1.165) is 11.0 Å². The molecule has 0 aliphatic heterocycles. The van der Waals surface area contributed by atoms with Crippen molar-refractivity contribution in [2.45, 2.75) is 0 Å². The lowest BCUT2D eigenvalue weighted by Gasteiger charge is -2.08. The van der Waals surface area contributed by atoms with Gasteiger partial charge >= 0.3 is 0 Å². The molecule has 0 fully saturated rings. The van der Waals surface area contributed by atoms with E-state index in [1.807, 2.05) is 30.3 Å². The van der Waals surface area contributed by atoms with E-state index in [1.54, 1.807) is 28.8 Å². The maximum Gasteiger partial charge on any atom is 0.257 e. The van der Waals surface area contributed by atoms with E-state index in [1.165, 1.54) is 0 Å². The molecule has 2 aromatic heterocycles. The Morgan fingerprint density at radius 2 is 1.88 bits per heavy atom. The number of nitriles is 1. The van der Waals surface area contributed by atoms with Gasteiger partial charge in [-0.3, -0.25) is 9.20 Å². The first-order valence-corrected chi connectivity index (χ1v) is 8.20. The molecule has 0 aliphatic rings. The van der Waals surface area contributed by atoms with Gasteiger partial charge in [0.25, 0.3) is 5.91 Å². The summed E-state index contributed by atoms with van der Waals surface area (Å²) in [5.74, 6) is 0.255. The molecule has 0 atom stereocenters. The minimum Gasteiger partial charge on any atom is -0.305 e. The second-order valence-electron chi connectivity index (χ2n) is 5.32. The average Bonchev–Trinajstić information content (AvgIpc) is 2.98. The van der Waals surface area contributed by atoms with Crippen LogP contribution >= 0.6 is 15.9 Å². The molecule has 0 radical (unpaired) electrons. The third-order valence-electron chi connectivity index (χ3n) is 3.77. The van der Waals surface area contributed by atoms with Gasteiger partial charge in [-0.15, -0.1) is 0 Å². The number of anilines is 1. The van der Waals surface area contributed by atoms with Gasteiger partial charge < -0.3 is 5.32 Å². The van der Waals surface area contributed by atoms with E-state index in [-0.39, 0.29) is 17.3 Å². The van der Waals surface area contributed by atoms with E-state index in [4.69, 9.17) is 0 Å². The van der Waals surface area contributed by atoms with E-state index in [0.29, 0.717) is 15.8 Å². The number of benzene rings is 2. The highest BCUT2D eigenvalue weighted by Crippen LogP contribution is 2.21. The first-order chi connectivity index (χ1) is 12.2. The molecule has 2 heterocycles. The molecule has 7 heteroatoms. The number of fused-ring (bicyclic) bond motifs is 3. The van der Waals surface area contributed by atoms with Crippen molar-refractivity contribution in [1.29, 1.82) is 5.26 Å². The predicted octanol–water partition coefficient (Wildman–Crippen LogP) is 3.77. The molecule has 25 heavy (non-hydrogen) atoms. The van der Waals surface area contributed by atoms with E-state index < -0.39 is 0 Å². The average molecular weight is 392 g/mol. The van der Waals surface area contributed by atoms with E-state index in [2.05, 4.69) is 37.3 Å². The Hall–Kier alpha value is -3.24. The Labute approximate surface area is 150 Å². The molecular formula is C18H10BrN5O. The van der Waals surface area contributed by atoms with Gasteiger partial charge in [-0.2, -0.15) is 10.2 Å². The molecule has 4 aromatic rings. The van der Waals surface area contributed by atoms with Gasteiger partial charge in [0, 0.05) is 10.7 Å². The van der Waals surface area contributed by atoms with Crippen molar-refractivity contribution >= 4 is 44.5 Å². The fourth-order valence-corrected chi connectivity index (χ4v) is 3.05. The maximum absolute atomic E-state index is 12.5. The van der Waals surface area contributed by atoms with Gasteiger partial charge in [-0.1, -0.05) is 24.3 Å². The number of imidazole rings is 1. The largest absolute Gasteiger partial charge is 0.305 e. The number of para-hydroxylation sites is 2. The quantitative estimate of drug-likeness (QED) is 0.563. The lowest BCUT2D eigenvalue weighted by atomic mass is 10.2. The van der Waals surface area contributed by atoms with Crippen molar-refractivity contribution in [3.63, 3.8) is 0 Å². The molecule has 2 aromatic carbocycles. The van der Waals surface area contributed by atoms with Crippen LogP contribution in [0.15, 0.2) is 59.2 Å². The lowest BCUT2D eigenvalue weighted by Crippen LogP contribution is -2.15. The van der Waals surface area contributed by atoms with Crippen molar-refractivity contribution < 1.29 is 4.79 Å². The first-order valence-electron chi connectivity index (χ1n) is 7.41. The summed E-state index contributed by atoms with van der Waals surface area (Å²) in [5, 5.41) is 12.1. The van der Waals surface area contributed by atoms with Crippen LogP contribution in [-0.4, -0.2) is 20.3 Å². The topological polar surface area (TPSA) is 83.1 Å². The number of carbonyl (C=O) groups excluding carboxylic acids is 1. The van der Waals surface area contributed by atoms with Crippen molar-refractivity contribution in [2.24, 2.45) is 0 Å². The third-order valence-corrected chi connectivity index (χ3v) is 4.46. The summed E-state index contributed by atoms with van der Waals surface area (Å²) in [7, 11) is 0. The standard InChI is InChI=1S/C18H10BrN5O/c19-13-6-2-1-5-12(13)17(25)22-16-11(9-20)10-24-15-8-4-3-7-14(15)21-18(24)23-16/h1-8,10H,(H,21,22,23,25). The van der Waals surface area contributed by atoms with Gasteiger partial charge in [-0.05, 0) is 40.2 Å². The van der Waals surface area contributed by atoms with Crippen LogP contribution in [0.3, 0.4) is 0 Å². The number of rotatable bonds is 2. The van der Waals surface area contributed by atoms with Gasteiger partial charge in [0.2, 0.25) is 5.78 Å². The normalized spacial score (nSPS) is 10.7. The Kier molecular flexibility index (Phi) is 3.67. The molecule has 120 valence electrons. The molecule has 1 amide bonds. The first kappa shape index (κ1) is 15.3. The molecule has 0 saturated carbocycles. The van der Waals surface area contributed by atoms with Crippen LogP contribution in [-0.2, 0) is 0 Å². The fourth-order valence-electron chi connectivity index (χ4n) is 2.59. The number of nitrogens with one attached hydrogen (secondary N) is 1. The minimum atomic E-state index is -0.350. The molecule has 0 bridgehead atoms. The highest BCUT2D eigenvalue weighted by Gasteiger charge is 2.15. The number of carbonyl (C=O) groups is 1. The van der Waals surface area contributed by atoms with E-state index >= 15 is 0 Å².